The number of carbonyl (C=O) groups is 2. The van der Waals surface area contributed by atoms with E-state index in [1.807, 2.05) is 26.0 Å². The maximum Gasteiger partial charge on any atom is 0.243 e. The topological polar surface area (TPSA) is 61.8 Å². The first kappa shape index (κ1) is 16.5. The Balaban J connectivity index is 2.09. The Morgan fingerprint density at radius 2 is 2.05 bits per heavy atom. The molecule has 0 saturated carbocycles. The Morgan fingerprint density at radius 3 is 2.68 bits per heavy atom. The van der Waals surface area contributed by atoms with Gasteiger partial charge in [-0.05, 0) is 31.0 Å². The average molecular weight is 322 g/mol. The van der Waals surface area contributed by atoms with Crippen LogP contribution in [0.15, 0.2) is 29.4 Å². The van der Waals surface area contributed by atoms with Crippen LogP contribution in [0.4, 0.5) is 0 Å². The summed E-state index contributed by atoms with van der Waals surface area (Å²) in [7, 11) is 0. The molecule has 0 saturated heterocycles. The summed E-state index contributed by atoms with van der Waals surface area (Å²) in [6.07, 6.45) is 1.78. The van der Waals surface area contributed by atoms with Gasteiger partial charge in [-0.2, -0.15) is 5.10 Å². The van der Waals surface area contributed by atoms with Crippen molar-refractivity contribution < 1.29 is 9.59 Å². The second kappa shape index (κ2) is 7.40. The summed E-state index contributed by atoms with van der Waals surface area (Å²) < 4.78 is 0. The molecule has 1 N–H and O–H groups in total. The Kier molecular flexibility index (Phi) is 5.55. The third-order valence-electron chi connectivity index (χ3n) is 3.60. The van der Waals surface area contributed by atoms with Gasteiger partial charge in [0.2, 0.25) is 11.8 Å². The highest BCUT2D eigenvalue weighted by Gasteiger charge is 2.23. The Hall–Kier alpha value is -1.88. The molecular weight excluding hydrogens is 302 g/mol. The second-order valence-electron chi connectivity index (χ2n) is 5.38. The van der Waals surface area contributed by atoms with E-state index < -0.39 is 0 Å². The predicted molar refractivity (Wildman–Crippen MR) is 86.8 cm³/mol. The number of hydrogen-bond donors (Lipinski definition) is 1. The van der Waals surface area contributed by atoms with Crippen LogP contribution in [0.1, 0.15) is 38.7 Å². The number of benzene rings is 1. The van der Waals surface area contributed by atoms with Crippen molar-refractivity contribution in [3.05, 3.63) is 34.9 Å². The number of nitrogens with one attached hydrogen (secondary N) is 1. The van der Waals surface area contributed by atoms with E-state index in [0.29, 0.717) is 17.9 Å². The van der Waals surface area contributed by atoms with Gasteiger partial charge in [-0.15, -0.1) is 0 Å². The number of nitrogens with zero attached hydrogens (tertiary/aromatic N) is 2. The van der Waals surface area contributed by atoms with Crippen molar-refractivity contribution in [2.75, 3.05) is 6.54 Å². The number of amides is 2. The number of rotatable bonds is 5. The molecule has 0 radical (unpaired) electrons. The van der Waals surface area contributed by atoms with Crippen LogP contribution >= 0.6 is 11.6 Å². The maximum absolute atomic E-state index is 11.9. The first-order valence-electron chi connectivity index (χ1n) is 7.42. The third-order valence-corrected chi connectivity index (χ3v) is 3.85. The summed E-state index contributed by atoms with van der Waals surface area (Å²) in [4.78, 5) is 23.9. The van der Waals surface area contributed by atoms with E-state index in [1.165, 1.54) is 5.01 Å². The molecule has 2 amide bonds. The number of carbonyl (C=O) groups excluding carboxylic acids is 2. The minimum atomic E-state index is -0.191. The van der Waals surface area contributed by atoms with E-state index >= 15 is 0 Å². The number of halogens is 1. The molecule has 0 aromatic heterocycles. The Bertz CT molecular complexity index is 584. The zero-order valence-corrected chi connectivity index (χ0v) is 13.6. The standard InChI is InChI=1S/C16H20ClN3O2/c1-3-11(2)18-15(21)10-20-16(22)9-8-14(19-20)12-4-6-13(17)7-5-12/h4-7,11H,3,8-10H2,1-2H3,(H,18,21). The van der Waals surface area contributed by atoms with Crippen LogP contribution in [0.5, 0.6) is 0 Å². The highest BCUT2D eigenvalue weighted by molar-refractivity contribution is 6.30. The van der Waals surface area contributed by atoms with E-state index in [1.54, 1.807) is 12.1 Å². The molecule has 0 fully saturated rings. The van der Waals surface area contributed by atoms with Gasteiger partial charge >= 0.3 is 0 Å². The highest BCUT2D eigenvalue weighted by atomic mass is 35.5. The van der Waals surface area contributed by atoms with Crippen molar-refractivity contribution in [1.82, 2.24) is 10.3 Å². The van der Waals surface area contributed by atoms with Crippen LogP contribution < -0.4 is 5.32 Å². The van der Waals surface area contributed by atoms with Crippen molar-refractivity contribution >= 4 is 29.1 Å². The van der Waals surface area contributed by atoms with Crippen molar-refractivity contribution in [1.29, 1.82) is 0 Å². The number of hydrogen-bond acceptors (Lipinski definition) is 3. The SMILES string of the molecule is CCC(C)NC(=O)CN1N=C(c2ccc(Cl)cc2)CCC1=O. The first-order chi connectivity index (χ1) is 10.5. The molecule has 1 aliphatic rings. The zero-order valence-electron chi connectivity index (χ0n) is 12.8. The maximum atomic E-state index is 11.9. The van der Waals surface area contributed by atoms with Gasteiger partial charge in [0.1, 0.15) is 6.54 Å². The molecule has 22 heavy (non-hydrogen) atoms. The smallest absolute Gasteiger partial charge is 0.243 e. The molecule has 0 aliphatic carbocycles. The van der Waals surface area contributed by atoms with Gasteiger partial charge in [-0.1, -0.05) is 30.7 Å². The van der Waals surface area contributed by atoms with E-state index in [4.69, 9.17) is 11.6 Å². The number of hydrazone groups is 1. The molecule has 1 aromatic rings. The molecule has 2 rings (SSSR count). The lowest BCUT2D eigenvalue weighted by molar-refractivity contribution is -0.136. The monoisotopic (exact) mass is 321 g/mol. The Labute approximate surface area is 135 Å². The van der Waals surface area contributed by atoms with Crippen molar-refractivity contribution in [2.45, 2.75) is 39.2 Å². The van der Waals surface area contributed by atoms with Gasteiger partial charge in [-0.25, -0.2) is 5.01 Å². The lowest BCUT2D eigenvalue weighted by Gasteiger charge is -2.24. The highest BCUT2D eigenvalue weighted by Crippen LogP contribution is 2.17. The zero-order chi connectivity index (χ0) is 16.1. The van der Waals surface area contributed by atoms with E-state index in [9.17, 15) is 9.59 Å². The summed E-state index contributed by atoms with van der Waals surface area (Å²) in [5.41, 5.74) is 1.72. The van der Waals surface area contributed by atoms with Crippen LogP contribution in [0.2, 0.25) is 5.02 Å². The van der Waals surface area contributed by atoms with Gasteiger partial charge in [0, 0.05) is 23.9 Å². The van der Waals surface area contributed by atoms with Crippen molar-refractivity contribution in [3.8, 4) is 0 Å². The predicted octanol–water partition coefficient (Wildman–Crippen LogP) is 2.58. The van der Waals surface area contributed by atoms with Gasteiger partial charge in [0.15, 0.2) is 0 Å². The molecule has 6 heteroatoms. The lowest BCUT2D eigenvalue weighted by Crippen LogP contribution is -2.42. The fraction of sp³-hybridized carbons (Fsp3) is 0.438. The molecule has 1 aromatic carbocycles. The van der Waals surface area contributed by atoms with Crippen LogP contribution in [-0.4, -0.2) is 35.1 Å². The molecule has 118 valence electrons. The van der Waals surface area contributed by atoms with E-state index in [2.05, 4.69) is 10.4 Å². The summed E-state index contributed by atoms with van der Waals surface area (Å²) in [6.45, 7) is 3.88. The molecular formula is C16H20ClN3O2. The molecule has 5 nitrogen and oxygen atoms in total. The normalized spacial score (nSPS) is 16.2. The molecule has 1 aliphatic heterocycles. The molecule has 0 bridgehead atoms. The molecule has 1 heterocycles. The van der Waals surface area contributed by atoms with Crippen LogP contribution in [0, 0.1) is 0 Å². The lowest BCUT2D eigenvalue weighted by atomic mass is 10.0. The second-order valence-corrected chi connectivity index (χ2v) is 5.82. The minimum Gasteiger partial charge on any atom is -0.352 e. The van der Waals surface area contributed by atoms with E-state index in [-0.39, 0.29) is 24.4 Å². The minimum absolute atomic E-state index is 0.0414. The van der Waals surface area contributed by atoms with Crippen molar-refractivity contribution in [2.24, 2.45) is 5.10 Å². The summed E-state index contributed by atoms with van der Waals surface area (Å²) >= 11 is 5.88. The van der Waals surface area contributed by atoms with Crippen LogP contribution in [0.3, 0.4) is 0 Å². The van der Waals surface area contributed by atoms with E-state index in [0.717, 1.165) is 17.7 Å². The van der Waals surface area contributed by atoms with Crippen molar-refractivity contribution in [3.63, 3.8) is 0 Å². The fourth-order valence-electron chi connectivity index (χ4n) is 2.13. The van der Waals surface area contributed by atoms with Gasteiger partial charge in [-0.3, -0.25) is 9.59 Å². The Morgan fingerprint density at radius 1 is 1.36 bits per heavy atom. The quantitative estimate of drug-likeness (QED) is 0.906. The van der Waals surface area contributed by atoms with Crippen LogP contribution in [0.25, 0.3) is 0 Å². The van der Waals surface area contributed by atoms with Crippen LogP contribution in [-0.2, 0) is 9.59 Å². The summed E-state index contributed by atoms with van der Waals surface area (Å²) in [6, 6.07) is 7.40. The molecule has 0 spiro atoms. The van der Waals surface area contributed by atoms with Gasteiger partial charge < -0.3 is 5.32 Å². The average Bonchev–Trinajstić information content (AvgIpc) is 2.50. The van der Waals surface area contributed by atoms with Gasteiger partial charge in [0.25, 0.3) is 0 Å². The summed E-state index contributed by atoms with van der Waals surface area (Å²) in [5, 5.41) is 9.08. The molecule has 1 unspecified atom stereocenters. The molecule has 1 atom stereocenters. The largest absolute Gasteiger partial charge is 0.352 e. The third kappa shape index (κ3) is 4.31. The van der Waals surface area contributed by atoms with Gasteiger partial charge in [0.05, 0.1) is 5.71 Å². The first-order valence-corrected chi connectivity index (χ1v) is 7.80. The fourth-order valence-corrected chi connectivity index (χ4v) is 2.26. The summed E-state index contributed by atoms with van der Waals surface area (Å²) in [5.74, 6) is -0.319.